The molecule has 0 radical (unpaired) electrons. The van der Waals surface area contributed by atoms with E-state index in [-0.39, 0.29) is 31.7 Å². The molecule has 1 aromatic rings. The Morgan fingerprint density at radius 1 is 0.852 bits per heavy atom. The molecule has 3 N–H and O–H groups in total. The molecular formula is C20H28N2O5. The zero-order valence-corrected chi connectivity index (χ0v) is 16.6. The minimum atomic E-state index is -1.04. The minimum Gasteiger partial charge on any atom is -0.396 e. The molecule has 7 heteroatoms. The average molecular weight is 376 g/mol. The molecule has 0 fully saturated rings. The van der Waals surface area contributed by atoms with Crippen molar-refractivity contribution in [1.29, 1.82) is 0 Å². The standard InChI is InChI=1S/C20H28N2O5/c1-13-16(19(3,4)5)15(6-7-20(8-23,9-24)10-25)18(22-12-27)14(2)17(13)21-11-26/h23-25H,6-10H2,1-5H3. The number of aliphatic imine (C=N–C) groups is 2. The Hall–Kier alpha value is -2.14. The van der Waals surface area contributed by atoms with E-state index in [1.165, 1.54) is 0 Å². The van der Waals surface area contributed by atoms with Crippen LogP contribution in [0.3, 0.4) is 0 Å². The molecule has 0 heterocycles. The van der Waals surface area contributed by atoms with Gasteiger partial charge >= 0.3 is 0 Å². The fourth-order valence-electron chi connectivity index (χ4n) is 3.53. The molecule has 0 aliphatic rings. The molecule has 0 aliphatic carbocycles. The van der Waals surface area contributed by atoms with Gasteiger partial charge in [0, 0.05) is 11.0 Å². The molecule has 0 amide bonds. The van der Waals surface area contributed by atoms with Gasteiger partial charge in [0.2, 0.25) is 12.2 Å². The minimum absolute atomic E-state index is 0.288. The van der Waals surface area contributed by atoms with E-state index >= 15 is 0 Å². The SMILES string of the molecule is Cc1c(N=C=O)c(C)c(C(C)(C)C)c(CCC(CO)(CO)CO)c1N=C=O. The lowest BCUT2D eigenvalue weighted by Crippen LogP contribution is -2.34. The molecular weight excluding hydrogens is 348 g/mol. The van der Waals surface area contributed by atoms with Crippen LogP contribution in [-0.4, -0.2) is 47.3 Å². The highest BCUT2D eigenvalue weighted by atomic mass is 16.3. The Kier molecular flexibility index (Phi) is 7.78. The van der Waals surface area contributed by atoms with Crippen molar-refractivity contribution in [3.05, 3.63) is 22.3 Å². The highest BCUT2D eigenvalue weighted by molar-refractivity contribution is 5.75. The Bertz CT molecular complexity index is 771. The van der Waals surface area contributed by atoms with Crippen molar-refractivity contribution < 1.29 is 24.9 Å². The van der Waals surface area contributed by atoms with Crippen LogP contribution in [0.5, 0.6) is 0 Å². The third-order valence-electron chi connectivity index (χ3n) is 5.00. The molecule has 0 unspecified atom stereocenters. The smallest absolute Gasteiger partial charge is 0.240 e. The normalized spacial score (nSPS) is 11.7. The van der Waals surface area contributed by atoms with Gasteiger partial charge in [-0.1, -0.05) is 20.8 Å². The van der Waals surface area contributed by atoms with Gasteiger partial charge in [0.05, 0.1) is 31.2 Å². The molecule has 148 valence electrons. The van der Waals surface area contributed by atoms with Crippen molar-refractivity contribution >= 4 is 23.5 Å². The number of rotatable bonds is 8. The van der Waals surface area contributed by atoms with Crippen molar-refractivity contribution in [3.63, 3.8) is 0 Å². The van der Waals surface area contributed by atoms with Crippen molar-refractivity contribution in [3.8, 4) is 0 Å². The Balaban J connectivity index is 3.79. The summed E-state index contributed by atoms with van der Waals surface area (Å²) in [6.45, 7) is 8.43. The maximum atomic E-state index is 11.0. The van der Waals surface area contributed by atoms with Gasteiger partial charge in [-0.25, -0.2) is 9.59 Å². The number of hydrogen-bond acceptors (Lipinski definition) is 7. The van der Waals surface area contributed by atoms with Gasteiger partial charge in [0.25, 0.3) is 0 Å². The molecule has 0 aromatic heterocycles. The van der Waals surface area contributed by atoms with Crippen LogP contribution in [0, 0.1) is 19.3 Å². The van der Waals surface area contributed by atoms with Crippen LogP contribution in [0.1, 0.15) is 49.4 Å². The summed E-state index contributed by atoms with van der Waals surface area (Å²) in [4.78, 5) is 29.6. The zero-order chi connectivity index (χ0) is 20.8. The Labute approximate surface area is 159 Å². The quantitative estimate of drug-likeness (QED) is 0.475. The molecule has 1 aromatic carbocycles. The predicted octanol–water partition coefficient (Wildman–Crippen LogP) is 2.43. The van der Waals surface area contributed by atoms with Gasteiger partial charge in [-0.05, 0) is 48.8 Å². The van der Waals surface area contributed by atoms with E-state index in [9.17, 15) is 24.9 Å². The van der Waals surface area contributed by atoms with Crippen LogP contribution in [0.25, 0.3) is 0 Å². The molecule has 0 atom stereocenters. The molecule has 0 spiro atoms. The average Bonchev–Trinajstić information content (AvgIpc) is 2.62. The largest absolute Gasteiger partial charge is 0.396 e. The fraction of sp³-hybridized carbons (Fsp3) is 0.600. The van der Waals surface area contributed by atoms with Gasteiger partial charge in [0.15, 0.2) is 0 Å². The van der Waals surface area contributed by atoms with E-state index in [2.05, 4.69) is 9.98 Å². The summed E-state index contributed by atoms with van der Waals surface area (Å²) in [6.07, 6.45) is 3.76. The van der Waals surface area contributed by atoms with E-state index in [1.54, 1.807) is 19.1 Å². The van der Waals surface area contributed by atoms with E-state index in [0.29, 0.717) is 23.4 Å². The van der Waals surface area contributed by atoms with E-state index in [1.807, 2.05) is 27.7 Å². The number of isocyanates is 2. The summed E-state index contributed by atoms with van der Waals surface area (Å²) in [7, 11) is 0. The molecule has 0 aliphatic heterocycles. The lowest BCUT2D eigenvalue weighted by atomic mass is 9.75. The second-order valence-electron chi connectivity index (χ2n) is 7.93. The number of aliphatic hydroxyl groups excluding tert-OH is 3. The summed E-state index contributed by atoms with van der Waals surface area (Å²) in [5, 5.41) is 28.8. The monoisotopic (exact) mass is 376 g/mol. The fourth-order valence-corrected chi connectivity index (χ4v) is 3.53. The first kappa shape index (κ1) is 22.9. The molecule has 1 rings (SSSR count). The summed E-state index contributed by atoms with van der Waals surface area (Å²) in [5.41, 5.74) is 2.37. The number of nitrogens with zero attached hydrogens (tertiary/aromatic N) is 2. The first-order chi connectivity index (χ1) is 12.6. The zero-order valence-electron chi connectivity index (χ0n) is 16.6. The van der Waals surface area contributed by atoms with Crippen molar-refractivity contribution in [2.24, 2.45) is 15.4 Å². The van der Waals surface area contributed by atoms with Gasteiger partial charge in [-0.2, -0.15) is 9.98 Å². The van der Waals surface area contributed by atoms with Crippen LogP contribution >= 0.6 is 0 Å². The number of carbonyl (C=O) groups excluding carboxylic acids is 2. The second kappa shape index (κ2) is 9.18. The van der Waals surface area contributed by atoms with E-state index < -0.39 is 5.41 Å². The van der Waals surface area contributed by atoms with Crippen LogP contribution in [0.4, 0.5) is 11.4 Å². The van der Waals surface area contributed by atoms with Crippen LogP contribution in [-0.2, 0) is 21.4 Å². The first-order valence-electron chi connectivity index (χ1n) is 8.77. The number of hydrogen-bond donors (Lipinski definition) is 3. The second-order valence-corrected chi connectivity index (χ2v) is 7.93. The third kappa shape index (κ3) is 4.78. The molecule has 27 heavy (non-hydrogen) atoms. The van der Waals surface area contributed by atoms with Crippen LogP contribution in [0.15, 0.2) is 9.98 Å². The van der Waals surface area contributed by atoms with Crippen molar-refractivity contribution in [2.75, 3.05) is 19.8 Å². The molecule has 0 saturated carbocycles. The maximum absolute atomic E-state index is 11.0. The van der Waals surface area contributed by atoms with E-state index in [0.717, 1.165) is 16.7 Å². The Morgan fingerprint density at radius 3 is 1.74 bits per heavy atom. The summed E-state index contributed by atoms with van der Waals surface area (Å²) >= 11 is 0. The molecule has 7 nitrogen and oxygen atoms in total. The van der Waals surface area contributed by atoms with E-state index in [4.69, 9.17) is 0 Å². The third-order valence-corrected chi connectivity index (χ3v) is 5.00. The Morgan fingerprint density at radius 2 is 1.33 bits per heavy atom. The maximum Gasteiger partial charge on any atom is 0.240 e. The number of aliphatic hydroxyl groups is 3. The highest BCUT2D eigenvalue weighted by Crippen LogP contribution is 2.44. The summed E-state index contributed by atoms with van der Waals surface area (Å²) in [5.74, 6) is 0. The lowest BCUT2D eigenvalue weighted by molar-refractivity contribution is -0.000306. The van der Waals surface area contributed by atoms with Gasteiger partial charge < -0.3 is 15.3 Å². The predicted molar refractivity (Wildman–Crippen MR) is 102 cm³/mol. The van der Waals surface area contributed by atoms with Crippen molar-refractivity contribution in [2.45, 2.75) is 52.9 Å². The highest BCUT2D eigenvalue weighted by Gasteiger charge is 2.32. The van der Waals surface area contributed by atoms with Gasteiger partial charge in [0.1, 0.15) is 0 Å². The summed E-state index contributed by atoms with van der Waals surface area (Å²) in [6, 6.07) is 0. The van der Waals surface area contributed by atoms with Crippen LogP contribution < -0.4 is 0 Å². The van der Waals surface area contributed by atoms with Crippen LogP contribution in [0.2, 0.25) is 0 Å². The topological polar surface area (TPSA) is 120 Å². The molecule has 0 bridgehead atoms. The van der Waals surface area contributed by atoms with Gasteiger partial charge in [-0.3, -0.25) is 0 Å². The molecule has 0 saturated heterocycles. The summed E-state index contributed by atoms with van der Waals surface area (Å²) < 4.78 is 0. The van der Waals surface area contributed by atoms with Gasteiger partial charge in [-0.15, -0.1) is 0 Å². The van der Waals surface area contributed by atoms with Crippen molar-refractivity contribution in [1.82, 2.24) is 0 Å². The number of benzene rings is 1. The lowest BCUT2D eigenvalue weighted by Gasteiger charge is -2.31. The first-order valence-corrected chi connectivity index (χ1v) is 8.77.